The van der Waals surface area contributed by atoms with E-state index in [0.717, 1.165) is 5.56 Å². The molecule has 1 fully saturated rings. The van der Waals surface area contributed by atoms with Gasteiger partial charge in [0.25, 0.3) is 5.91 Å². The molecule has 2 atom stereocenters. The number of morpholine rings is 1. The number of carbonyl (C=O) groups is 3. The molecule has 5 aromatic carbocycles. The Bertz CT molecular complexity index is 3130. The van der Waals surface area contributed by atoms with Crippen LogP contribution in [0.15, 0.2) is 109 Å². The average molecular weight is 1110 g/mol. The summed E-state index contributed by atoms with van der Waals surface area (Å²) < 4.78 is 49.2. The first-order chi connectivity index (χ1) is 35.3. The standard InChI is InChI=1S/C23H21Cl2FN4O3.C19H14Cl2FN3O3.C8H9BO4.CH4/c1-13(20-16(24)6-7-17(26)21(20)25)33-19-12-18(28-29-22(19)27)14-2-4-15(5-3-14)23(31)30-8-10-32-11-9-30;1-9(16-12(20)6-7-13(22)17(16)21)28-15-8-14(24-25-18(15)23)10-2-4-11(5-3-10)19(26)27;1-13-8(10)6-2-4-7(5-3-6)9(11)12;/h2-7,12-13H,8-11H2,1H3,(H2,27,29);2-9H,1H3,(H2,23,25)(H,26,27);2-5,11-12H,1H3;1H4. The fourth-order valence-corrected chi connectivity index (χ4v) is 8.35. The molecule has 0 bridgehead atoms. The molecule has 2 unspecified atom stereocenters. The smallest absolute Gasteiger partial charge is 0.482 e. The number of hydrogen-bond donors (Lipinski definition) is 5. The minimum atomic E-state index is -1.51. The topological polar surface area (TPSA) is 256 Å². The molecule has 1 aliphatic rings. The van der Waals surface area contributed by atoms with Gasteiger partial charge in [0.05, 0.1) is 52.9 Å². The third kappa shape index (κ3) is 15.0. The van der Waals surface area contributed by atoms with Gasteiger partial charge in [0, 0.05) is 63.1 Å². The van der Waals surface area contributed by atoms with Gasteiger partial charge in [0.15, 0.2) is 23.1 Å². The summed E-state index contributed by atoms with van der Waals surface area (Å²) >= 11 is 24.4. The number of nitrogens with two attached hydrogens (primary N) is 2. The lowest BCUT2D eigenvalue weighted by atomic mass is 9.80. The molecular formula is C51H48BCl4F2N7O10. The third-order valence-electron chi connectivity index (χ3n) is 10.9. The van der Waals surface area contributed by atoms with E-state index in [-0.39, 0.29) is 67.7 Å². The number of carbonyl (C=O) groups excluding carboxylic acids is 2. The molecule has 17 nitrogen and oxygen atoms in total. The Labute approximate surface area is 450 Å². The molecule has 3 heterocycles. The zero-order valence-corrected chi connectivity index (χ0v) is 42.3. The largest absolute Gasteiger partial charge is 0.488 e. The fourth-order valence-electron chi connectivity index (χ4n) is 6.99. The molecule has 0 saturated carbocycles. The van der Waals surface area contributed by atoms with Gasteiger partial charge in [-0.2, -0.15) is 0 Å². The van der Waals surface area contributed by atoms with E-state index in [1.807, 2.05) is 0 Å². The van der Waals surface area contributed by atoms with E-state index >= 15 is 0 Å². The van der Waals surface area contributed by atoms with Crippen LogP contribution in [0.25, 0.3) is 22.5 Å². The Kier molecular flexibility index (Phi) is 21.0. The van der Waals surface area contributed by atoms with Gasteiger partial charge in [-0.15, -0.1) is 20.4 Å². The number of nitrogens with zero attached hydrogens (tertiary/aromatic N) is 5. The van der Waals surface area contributed by atoms with Crippen LogP contribution in [0.2, 0.25) is 20.1 Å². The van der Waals surface area contributed by atoms with Crippen molar-refractivity contribution in [1.82, 2.24) is 25.3 Å². The number of aromatic carboxylic acids is 1. The molecule has 24 heteroatoms. The lowest BCUT2D eigenvalue weighted by Gasteiger charge is -2.26. The van der Waals surface area contributed by atoms with Crippen LogP contribution in [0.3, 0.4) is 0 Å². The van der Waals surface area contributed by atoms with Crippen LogP contribution in [-0.2, 0) is 9.47 Å². The maximum atomic E-state index is 13.9. The number of rotatable bonds is 12. The van der Waals surface area contributed by atoms with Crippen LogP contribution >= 0.6 is 46.4 Å². The summed E-state index contributed by atoms with van der Waals surface area (Å²) in [5.74, 6) is -2.19. The van der Waals surface area contributed by atoms with Gasteiger partial charge in [-0.05, 0) is 80.0 Å². The number of amides is 1. The number of halogens is 6. The minimum absolute atomic E-state index is 0. The van der Waals surface area contributed by atoms with Crippen molar-refractivity contribution >= 4 is 88.5 Å². The zero-order valence-electron chi connectivity index (χ0n) is 39.3. The summed E-state index contributed by atoms with van der Waals surface area (Å²) in [5, 5.41) is 42.7. The molecule has 7 N–H and O–H groups in total. The van der Waals surface area contributed by atoms with Crippen molar-refractivity contribution < 1.29 is 57.3 Å². The van der Waals surface area contributed by atoms with Crippen LogP contribution in [0.1, 0.15) is 75.7 Å². The van der Waals surface area contributed by atoms with E-state index in [1.165, 1.54) is 67.8 Å². The van der Waals surface area contributed by atoms with Gasteiger partial charge >= 0.3 is 19.1 Å². The second kappa shape index (κ2) is 26.9. The number of hydrogen-bond acceptors (Lipinski definition) is 15. The summed E-state index contributed by atoms with van der Waals surface area (Å²) in [6, 6.07) is 27.3. The summed E-state index contributed by atoms with van der Waals surface area (Å²) in [4.78, 5) is 36.3. The molecule has 0 aliphatic carbocycles. The maximum absolute atomic E-state index is 13.9. The number of esters is 1. The van der Waals surface area contributed by atoms with E-state index < -0.39 is 42.9 Å². The first kappa shape index (κ1) is 58.7. The third-order valence-corrected chi connectivity index (χ3v) is 12.4. The van der Waals surface area contributed by atoms with Gasteiger partial charge in [0.1, 0.15) is 23.8 Å². The van der Waals surface area contributed by atoms with Crippen LogP contribution in [0.5, 0.6) is 11.5 Å². The predicted molar refractivity (Wildman–Crippen MR) is 283 cm³/mol. The molecular weight excluding hydrogens is 1060 g/mol. The molecule has 0 radical (unpaired) electrons. The van der Waals surface area contributed by atoms with Crippen molar-refractivity contribution in [3.8, 4) is 34.0 Å². The molecule has 2 aromatic heterocycles. The Morgan fingerprint density at radius 2 is 1.07 bits per heavy atom. The Balaban J connectivity index is 0.000000225. The van der Waals surface area contributed by atoms with Gasteiger partial charge < -0.3 is 50.5 Å². The van der Waals surface area contributed by atoms with Crippen molar-refractivity contribution in [3.05, 3.63) is 169 Å². The van der Waals surface area contributed by atoms with Crippen molar-refractivity contribution in [2.24, 2.45) is 0 Å². The lowest BCUT2D eigenvalue weighted by Crippen LogP contribution is -2.40. The predicted octanol–water partition coefficient (Wildman–Crippen LogP) is 9.58. The van der Waals surface area contributed by atoms with Gasteiger partial charge in [-0.1, -0.05) is 90.2 Å². The van der Waals surface area contributed by atoms with E-state index in [9.17, 15) is 23.2 Å². The molecule has 8 rings (SSSR count). The molecule has 1 amide bonds. The molecule has 1 saturated heterocycles. The number of carboxylic acids is 1. The maximum Gasteiger partial charge on any atom is 0.488 e. The van der Waals surface area contributed by atoms with E-state index in [1.54, 1.807) is 67.3 Å². The van der Waals surface area contributed by atoms with Crippen molar-refractivity contribution in [2.75, 3.05) is 44.9 Å². The van der Waals surface area contributed by atoms with Crippen LogP contribution < -0.4 is 26.4 Å². The van der Waals surface area contributed by atoms with Crippen molar-refractivity contribution in [3.63, 3.8) is 0 Å². The monoisotopic (exact) mass is 1110 g/mol. The molecule has 1 aliphatic heterocycles. The summed E-state index contributed by atoms with van der Waals surface area (Å²) in [7, 11) is -0.219. The highest BCUT2D eigenvalue weighted by molar-refractivity contribution is 6.58. The minimum Gasteiger partial charge on any atom is -0.482 e. The van der Waals surface area contributed by atoms with Gasteiger partial charge in [-0.25, -0.2) is 18.4 Å². The number of methoxy groups -OCH3 is 1. The summed E-state index contributed by atoms with van der Waals surface area (Å²) in [5.41, 5.74) is 16.1. The highest BCUT2D eigenvalue weighted by Gasteiger charge is 2.23. The number of ether oxygens (including phenoxy) is 4. The highest BCUT2D eigenvalue weighted by atomic mass is 35.5. The second-order valence-corrected chi connectivity index (χ2v) is 17.4. The van der Waals surface area contributed by atoms with Crippen molar-refractivity contribution in [2.45, 2.75) is 33.5 Å². The number of nitrogen functional groups attached to an aromatic ring is 2. The van der Waals surface area contributed by atoms with E-state index in [0.29, 0.717) is 65.4 Å². The number of anilines is 2. The Morgan fingerprint density at radius 3 is 1.47 bits per heavy atom. The molecule has 75 heavy (non-hydrogen) atoms. The quantitative estimate of drug-likeness (QED) is 0.0433. The second-order valence-electron chi connectivity index (χ2n) is 15.8. The zero-order chi connectivity index (χ0) is 53.8. The summed E-state index contributed by atoms with van der Waals surface area (Å²) in [6.07, 6.45) is -1.42. The Hall–Kier alpha value is -7.17. The summed E-state index contributed by atoms with van der Waals surface area (Å²) in [6.45, 7) is 5.55. The van der Waals surface area contributed by atoms with Gasteiger partial charge in [0.2, 0.25) is 0 Å². The van der Waals surface area contributed by atoms with Crippen LogP contribution in [0, 0.1) is 11.6 Å². The first-order valence-electron chi connectivity index (χ1n) is 22.0. The number of aromatic nitrogens is 4. The highest BCUT2D eigenvalue weighted by Crippen LogP contribution is 2.38. The van der Waals surface area contributed by atoms with Crippen molar-refractivity contribution in [1.29, 1.82) is 0 Å². The normalized spacial score (nSPS) is 12.5. The van der Waals surface area contributed by atoms with Crippen LogP contribution in [0.4, 0.5) is 20.4 Å². The number of carboxylic acid groups (broad SMARTS) is 1. The molecule has 7 aromatic rings. The van der Waals surface area contributed by atoms with E-state index in [4.69, 9.17) is 87.2 Å². The van der Waals surface area contributed by atoms with Gasteiger partial charge in [-0.3, -0.25) is 4.79 Å². The first-order valence-corrected chi connectivity index (χ1v) is 23.5. The SMILES string of the molecule is C.CC(Oc1cc(-c2ccc(C(=O)N3CCOCC3)cc2)nnc1N)c1c(Cl)ccc(F)c1Cl.CC(Oc1cc(-c2ccc(C(=O)O)cc2)nnc1N)c1c(Cl)ccc(F)c1Cl.COC(=O)c1ccc(B(O)O)cc1. The molecule has 0 spiro atoms. The van der Waals surface area contributed by atoms with Crippen LogP contribution in [-0.4, -0.2) is 98.8 Å². The average Bonchev–Trinajstić information content (AvgIpc) is 3.40. The number of benzene rings is 5. The lowest BCUT2D eigenvalue weighted by molar-refractivity contribution is 0.0303. The fraction of sp³-hybridized carbons (Fsp3) is 0.196. The Morgan fingerprint density at radius 1 is 0.653 bits per heavy atom. The van der Waals surface area contributed by atoms with E-state index in [2.05, 4.69) is 25.1 Å². The molecule has 392 valence electrons.